The van der Waals surface area contributed by atoms with Crippen LogP contribution >= 0.6 is 46.4 Å². The molecule has 158 valence electrons. The first-order valence-electron chi connectivity index (χ1n) is 8.37. The second kappa shape index (κ2) is 10.6. The summed E-state index contributed by atoms with van der Waals surface area (Å²) >= 11 is 23.3. The molecule has 0 aliphatic carbocycles. The van der Waals surface area contributed by atoms with E-state index < -0.39 is 5.91 Å². The minimum atomic E-state index is -0.496. The first-order valence-corrected chi connectivity index (χ1v) is 9.88. The maximum atomic E-state index is 12.4. The smallest absolute Gasteiger partial charge is 0.274 e. The lowest BCUT2D eigenvalue weighted by molar-refractivity contribution is 0.0828. The van der Waals surface area contributed by atoms with Crippen molar-refractivity contribution in [3.05, 3.63) is 74.2 Å². The van der Waals surface area contributed by atoms with E-state index in [2.05, 4.69) is 15.4 Å². The number of amides is 2. The quantitative estimate of drug-likeness (QED) is 0.558. The lowest BCUT2D eigenvalue weighted by atomic mass is 10.1. The van der Waals surface area contributed by atoms with Gasteiger partial charge >= 0.3 is 0 Å². The Labute approximate surface area is 193 Å². The normalized spacial score (nSPS) is 10.1. The van der Waals surface area contributed by atoms with Gasteiger partial charge in [-0.25, -0.2) is 0 Å². The molecule has 2 aromatic heterocycles. The molecule has 0 saturated carbocycles. The minimum absolute atomic E-state index is 0.157. The third-order valence-electron chi connectivity index (χ3n) is 3.64. The van der Waals surface area contributed by atoms with Gasteiger partial charge in [-0.2, -0.15) is 5.10 Å². The molecule has 0 aliphatic rings. The zero-order valence-corrected chi connectivity index (χ0v) is 19.2. The van der Waals surface area contributed by atoms with Gasteiger partial charge in [0.15, 0.2) is 5.15 Å². The molecule has 2 heterocycles. The second-order valence-electron chi connectivity index (χ2n) is 6.11. The number of nitrogens with zero attached hydrogens (tertiary/aromatic N) is 4. The Balaban J connectivity index is 0.000000386. The van der Waals surface area contributed by atoms with Crippen LogP contribution in [0.4, 0.5) is 5.69 Å². The van der Waals surface area contributed by atoms with Gasteiger partial charge in [-0.15, -0.1) is 0 Å². The maximum absolute atomic E-state index is 12.4. The number of halogens is 4. The van der Waals surface area contributed by atoms with E-state index in [4.69, 9.17) is 46.4 Å². The van der Waals surface area contributed by atoms with E-state index in [1.165, 1.54) is 27.8 Å². The van der Waals surface area contributed by atoms with Gasteiger partial charge in [0.1, 0.15) is 5.69 Å². The molecule has 3 rings (SSSR count). The van der Waals surface area contributed by atoms with Crippen LogP contribution in [0.3, 0.4) is 0 Å². The average molecular weight is 489 g/mol. The van der Waals surface area contributed by atoms with E-state index in [1.807, 2.05) is 0 Å². The maximum Gasteiger partial charge on any atom is 0.274 e. The molecule has 3 aromatic rings. The van der Waals surface area contributed by atoms with Crippen molar-refractivity contribution in [2.24, 2.45) is 7.05 Å². The van der Waals surface area contributed by atoms with Crippen LogP contribution in [0.15, 0.2) is 42.7 Å². The molecule has 11 heteroatoms. The average Bonchev–Trinajstić information content (AvgIpc) is 3.02. The Morgan fingerprint density at radius 3 is 2.23 bits per heavy atom. The van der Waals surface area contributed by atoms with Crippen molar-refractivity contribution in [1.82, 2.24) is 19.7 Å². The molecule has 2 amide bonds. The van der Waals surface area contributed by atoms with Crippen molar-refractivity contribution in [1.29, 1.82) is 0 Å². The van der Waals surface area contributed by atoms with Crippen molar-refractivity contribution in [2.45, 2.75) is 0 Å². The van der Waals surface area contributed by atoms with E-state index in [0.717, 1.165) is 0 Å². The Kier molecular flexibility index (Phi) is 8.49. The number of nitrogens with one attached hydrogen (secondary N) is 1. The molecule has 1 aromatic carbocycles. The number of anilines is 1. The summed E-state index contributed by atoms with van der Waals surface area (Å²) in [6.07, 6.45) is 3.29. The van der Waals surface area contributed by atoms with Crippen LogP contribution in [0.5, 0.6) is 0 Å². The molecule has 0 atom stereocenters. The summed E-state index contributed by atoms with van der Waals surface area (Å²) in [6.45, 7) is 0. The van der Waals surface area contributed by atoms with Gasteiger partial charge in [0.05, 0.1) is 21.3 Å². The number of aryl methyl sites for hydroxylation is 1. The van der Waals surface area contributed by atoms with E-state index in [0.29, 0.717) is 10.0 Å². The highest BCUT2D eigenvalue weighted by atomic mass is 35.5. The van der Waals surface area contributed by atoms with Gasteiger partial charge in [-0.3, -0.25) is 19.3 Å². The van der Waals surface area contributed by atoms with Crippen LogP contribution in [0, 0.1) is 0 Å². The Hall–Kier alpha value is -2.32. The standard InChI is InChI=1S/C14H13Cl3N4O2.C5H4ClN/c1-20(2)14(23)8-4-7(15)5-9(16)12(8)18-13(22)10-6-11(17)19-21(10)3;6-5-2-1-3-7-4-5/h4-6H,1-3H3,(H,18,22);1-4H. The summed E-state index contributed by atoms with van der Waals surface area (Å²) in [7, 11) is 4.75. The van der Waals surface area contributed by atoms with Gasteiger partial charge in [-0.1, -0.05) is 46.4 Å². The van der Waals surface area contributed by atoms with E-state index in [1.54, 1.807) is 45.7 Å². The minimum Gasteiger partial charge on any atom is -0.345 e. The third kappa shape index (κ3) is 6.34. The highest BCUT2D eigenvalue weighted by molar-refractivity contribution is 6.38. The van der Waals surface area contributed by atoms with Crippen LogP contribution in [0.1, 0.15) is 20.8 Å². The van der Waals surface area contributed by atoms with Crippen molar-refractivity contribution in [2.75, 3.05) is 19.4 Å². The monoisotopic (exact) mass is 487 g/mol. The molecule has 0 aliphatic heterocycles. The number of hydrogen-bond acceptors (Lipinski definition) is 4. The number of hydrogen-bond donors (Lipinski definition) is 1. The molecule has 1 N–H and O–H groups in total. The van der Waals surface area contributed by atoms with Gasteiger partial charge in [0.25, 0.3) is 11.8 Å². The van der Waals surface area contributed by atoms with Gasteiger partial charge in [-0.05, 0) is 24.3 Å². The van der Waals surface area contributed by atoms with Crippen molar-refractivity contribution < 1.29 is 9.59 Å². The summed E-state index contributed by atoms with van der Waals surface area (Å²) in [5.74, 6) is -0.836. The van der Waals surface area contributed by atoms with Crippen LogP contribution in [0.2, 0.25) is 20.2 Å². The molecule has 7 nitrogen and oxygen atoms in total. The first kappa shape index (κ1) is 24.0. The fourth-order valence-electron chi connectivity index (χ4n) is 2.27. The van der Waals surface area contributed by atoms with Gasteiger partial charge in [0.2, 0.25) is 0 Å². The molecular weight excluding hydrogens is 472 g/mol. The Morgan fingerprint density at radius 2 is 1.77 bits per heavy atom. The molecule has 0 saturated heterocycles. The molecule has 0 bridgehead atoms. The zero-order valence-electron chi connectivity index (χ0n) is 16.2. The second-order valence-corrected chi connectivity index (χ2v) is 7.78. The van der Waals surface area contributed by atoms with Gasteiger partial charge in [0, 0.05) is 44.6 Å². The first-order chi connectivity index (χ1) is 14.1. The number of pyridine rings is 1. The Morgan fingerprint density at radius 1 is 1.07 bits per heavy atom. The number of benzene rings is 1. The highest BCUT2D eigenvalue weighted by Crippen LogP contribution is 2.31. The van der Waals surface area contributed by atoms with Crippen molar-refractivity contribution >= 4 is 63.9 Å². The predicted octanol–water partition coefficient (Wildman–Crippen LogP) is 5.07. The number of rotatable bonds is 3. The summed E-state index contributed by atoms with van der Waals surface area (Å²) in [5.41, 5.74) is 0.593. The number of carbonyl (C=O) groups is 2. The highest BCUT2D eigenvalue weighted by Gasteiger charge is 2.21. The molecular formula is C19H17Cl4N5O2. The molecule has 30 heavy (non-hydrogen) atoms. The lowest BCUT2D eigenvalue weighted by Gasteiger charge is -2.16. The Bertz CT molecular complexity index is 1050. The third-order valence-corrected chi connectivity index (χ3v) is 4.56. The summed E-state index contributed by atoms with van der Waals surface area (Å²) in [5, 5.41) is 7.82. The molecule has 0 fully saturated rings. The fourth-order valence-corrected chi connectivity index (χ4v) is 3.16. The van der Waals surface area contributed by atoms with Crippen molar-refractivity contribution in [3.8, 4) is 0 Å². The van der Waals surface area contributed by atoms with Gasteiger partial charge < -0.3 is 10.2 Å². The molecule has 0 spiro atoms. The zero-order chi connectivity index (χ0) is 22.4. The van der Waals surface area contributed by atoms with Crippen LogP contribution in [0.25, 0.3) is 0 Å². The lowest BCUT2D eigenvalue weighted by Crippen LogP contribution is -2.25. The number of aromatic nitrogens is 3. The van der Waals surface area contributed by atoms with Crippen LogP contribution in [-0.4, -0.2) is 45.6 Å². The number of carbonyl (C=O) groups excluding carboxylic acids is 2. The SMILES string of the molecule is CN(C)C(=O)c1cc(Cl)cc(Cl)c1NC(=O)c1cc(Cl)nn1C.Clc1cccnc1. The predicted molar refractivity (Wildman–Crippen MR) is 120 cm³/mol. The summed E-state index contributed by atoms with van der Waals surface area (Å²) in [4.78, 5) is 29.8. The van der Waals surface area contributed by atoms with E-state index >= 15 is 0 Å². The largest absolute Gasteiger partial charge is 0.345 e. The van der Waals surface area contributed by atoms with E-state index in [9.17, 15) is 9.59 Å². The molecule has 0 unspecified atom stereocenters. The summed E-state index contributed by atoms with van der Waals surface area (Å²) < 4.78 is 1.33. The van der Waals surface area contributed by atoms with Crippen LogP contribution < -0.4 is 5.32 Å². The van der Waals surface area contributed by atoms with Crippen molar-refractivity contribution in [3.63, 3.8) is 0 Å². The molecule has 0 radical (unpaired) electrons. The topological polar surface area (TPSA) is 80.1 Å². The van der Waals surface area contributed by atoms with E-state index in [-0.39, 0.29) is 33.0 Å². The fraction of sp³-hybridized carbons (Fsp3) is 0.158. The summed E-state index contributed by atoms with van der Waals surface area (Å²) in [6, 6.07) is 7.88. The van der Waals surface area contributed by atoms with Crippen LogP contribution in [-0.2, 0) is 7.05 Å².